The Morgan fingerprint density at radius 1 is 1.05 bits per heavy atom. The molecule has 2 aliphatic rings. The van der Waals surface area contributed by atoms with Crippen LogP contribution in [0, 0.1) is 0 Å². The van der Waals surface area contributed by atoms with Crippen molar-refractivity contribution in [2.45, 2.75) is 24.4 Å². The van der Waals surface area contributed by atoms with Gasteiger partial charge in [0, 0.05) is 30.3 Å². The van der Waals surface area contributed by atoms with Gasteiger partial charge in [-0.15, -0.1) is 11.8 Å². The zero-order valence-electron chi connectivity index (χ0n) is 20.4. The van der Waals surface area contributed by atoms with Gasteiger partial charge in [0.2, 0.25) is 28.6 Å². The van der Waals surface area contributed by atoms with Gasteiger partial charge < -0.3 is 20.1 Å². The number of thioether (sulfide) groups is 1. The highest BCUT2D eigenvalue weighted by molar-refractivity contribution is 7.99. The molecular formula is C25H24N4O7S2. The van der Waals surface area contributed by atoms with E-state index in [-0.39, 0.29) is 35.9 Å². The second-order valence-corrected chi connectivity index (χ2v) is 11.6. The number of pyridine rings is 1. The van der Waals surface area contributed by atoms with Gasteiger partial charge in [-0.05, 0) is 29.8 Å². The van der Waals surface area contributed by atoms with Gasteiger partial charge in [-0.25, -0.2) is 8.42 Å². The highest BCUT2D eigenvalue weighted by Gasteiger charge is 2.36. The molecule has 0 spiro atoms. The van der Waals surface area contributed by atoms with Crippen LogP contribution in [0.1, 0.15) is 24.1 Å². The summed E-state index contributed by atoms with van der Waals surface area (Å²) in [5, 5.41) is 5.93. The lowest BCUT2D eigenvalue weighted by atomic mass is 10.0. The molecule has 2 aliphatic heterocycles. The van der Waals surface area contributed by atoms with E-state index in [2.05, 4.69) is 15.4 Å². The molecule has 5 rings (SSSR count). The molecule has 1 atom stereocenters. The van der Waals surface area contributed by atoms with Gasteiger partial charge in [-0.1, -0.05) is 24.3 Å². The van der Waals surface area contributed by atoms with Crippen molar-refractivity contribution in [1.29, 1.82) is 0 Å². The third-order valence-corrected chi connectivity index (χ3v) is 7.64. The lowest BCUT2D eigenvalue weighted by molar-refractivity contribution is -0.118. The Balaban J connectivity index is 1.65. The second-order valence-electron chi connectivity index (χ2n) is 8.81. The number of carbonyl (C=O) groups excluding carboxylic acids is 2. The van der Waals surface area contributed by atoms with E-state index in [4.69, 9.17) is 9.47 Å². The average Bonchev–Trinajstić information content (AvgIpc) is 3.51. The van der Waals surface area contributed by atoms with Gasteiger partial charge in [-0.2, -0.15) is 0 Å². The third-order valence-electron chi connectivity index (χ3n) is 5.91. The molecule has 198 valence electrons. The minimum atomic E-state index is -3.90. The molecule has 11 nitrogen and oxygen atoms in total. The molecule has 0 saturated heterocycles. The summed E-state index contributed by atoms with van der Waals surface area (Å²) in [5.74, 6) is 0.452. The summed E-state index contributed by atoms with van der Waals surface area (Å²) in [5.41, 5.74) is 0.868. The molecule has 38 heavy (non-hydrogen) atoms. The number of hydrogen-bond acceptors (Lipinski definition) is 8. The maximum absolute atomic E-state index is 13.8. The highest BCUT2D eigenvalue weighted by Crippen LogP contribution is 2.43. The van der Waals surface area contributed by atoms with E-state index in [1.807, 2.05) is 6.07 Å². The zero-order valence-corrected chi connectivity index (χ0v) is 22.1. The molecule has 0 radical (unpaired) electrons. The summed E-state index contributed by atoms with van der Waals surface area (Å²) in [6.07, 6.45) is 1.02. The summed E-state index contributed by atoms with van der Waals surface area (Å²) in [4.78, 5) is 39.3. The third kappa shape index (κ3) is 5.20. The topological polar surface area (TPSA) is 145 Å². The van der Waals surface area contributed by atoms with Crippen LogP contribution in [0.5, 0.6) is 11.5 Å². The number of nitrogens with one attached hydrogen (secondary N) is 3. The van der Waals surface area contributed by atoms with Gasteiger partial charge in [0.1, 0.15) is 16.8 Å². The van der Waals surface area contributed by atoms with Crippen LogP contribution >= 0.6 is 11.8 Å². The minimum absolute atomic E-state index is 0.0834. The van der Waals surface area contributed by atoms with Crippen molar-refractivity contribution in [2.75, 3.05) is 34.2 Å². The predicted octanol–water partition coefficient (Wildman–Crippen LogP) is 2.78. The van der Waals surface area contributed by atoms with Crippen molar-refractivity contribution in [1.82, 2.24) is 4.57 Å². The number of rotatable bonds is 7. The fraction of sp³-hybridized carbons (Fsp3) is 0.240. The van der Waals surface area contributed by atoms with Crippen molar-refractivity contribution in [2.24, 2.45) is 0 Å². The number of anilines is 3. The maximum Gasteiger partial charge on any atom is 0.276 e. The van der Waals surface area contributed by atoms with Crippen LogP contribution in [0.3, 0.4) is 0 Å². The summed E-state index contributed by atoms with van der Waals surface area (Å²) < 4.78 is 39.1. The Hall–Kier alpha value is -3.97. The average molecular weight is 557 g/mol. The van der Waals surface area contributed by atoms with Crippen molar-refractivity contribution in [3.63, 3.8) is 0 Å². The molecule has 3 heterocycles. The van der Waals surface area contributed by atoms with Gasteiger partial charge >= 0.3 is 0 Å². The van der Waals surface area contributed by atoms with E-state index in [1.165, 1.54) is 23.3 Å². The smallest absolute Gasteiger partial charge is 0.276 e. The van der Waals surface area contributed by atoms with Crippen LogP contribution in [-0.2, 0) is 26.0 Å². The number of amides is 2. The quantitative estimate of drug-likeness (QED) is 0.403. The van der Waals surface area contributed by atoms with E-state index in [0.29, 0.717) is 27.8 Å². The first-order valence-corrected chi connectivity index (χ1v) is 14.4. The minimum Gasteiger partial charge on any atom is -0.454 e. The van der Waals surface area contributed by atoms with Gasteiger partial charge in [0.25, 0.3) is 5.56 Å². The Bertz CT molecular complexity index is 1600. The highest BCUT2D eigenvalue weighted by atomic mass is 32.2. The Morgan fingerprint density at radius 2 is 1.79 bits per heavy atom. The maximum atomic E-state index is 13.8. The zero-order chi connectivity index (χ0) is 27.0. The normalized spacial score (nSPS) is 15.6. The Morgan fingerprint density at radius 3 is 2.50 bits per heavy atom. The molecule has 1 aromatic heterocycles. The molecule has 0 bridgehead atoms. The fourth-order valence-corrected chi connectivity index (χ4v) is 6.21. The van der Waals surface area contributed by atoms with Crippen molar-refractivity contribution in [3.8, 4) is 11.5 Å². The number of para-hydroxylation sites is 1. The van der Waals surface area contributed by atoms with Crippen LogP contribution in [0.25, 0.3) is 0 Å². The molecule has 2 aromatic carbocycles. The number of ether oxygens (including phenoxy) is 2. The largest absolute Gasteiger partial charge is 0.454 e. The predicted molar refractivity (Wildman–Crippen MR) is 144 cm³/mol. The summed E-state index contributed by atoms with van der Waals surface area (Å²) >= 11 is 1.23. The van der Waals surface area contributed by atoms with Crippen molar-refractivity contribution < 1.29 is 27.5 Å². The number of hydrogen-bond donors (Lipinski definition) is 3. The van der Waals surface area contributed by atoms with Crippen LogP contribution in [0.2, 0.25) is 0 Å². The molecule has 3 aromatic rings. The lowest BCUT2D eigenvalue weighted by Gasteiger charge is -2.22. The standard InChI is InChI=1S/C25H24N4O7S2/c1-14(30)26-22-17(10-15-8-9-19-20(11-15)36-13-35-19)21(28-38(2,33)34)24(32)29-18(12-37-25(22)29)23(31)27-16-6-4-3-5-7-16/h3-9,11,18,28H,10,12-13H2,1-2H3,(H,26,30)(H,27,31)/t18-/m0/s1. The molecule has 3 N–H and O–H groups in total. The van der Waals surface area contributed by atoms with Crippen LogP contribution in [0.15, 0.2) is 58.4 Å². The van der Waals surface area contributed by atoms with Crippen molar-refractivity contribution in [3.05, 3.63) is 70.0 Å². The van der Waals surface area contributed by atoms with E-state index in [1.54, 1.807) is 42.5 Å². The van der Waals surface area contributed by atoms with E-state index < -0.39 is 33.4 Å². The number of nitrogens with zero attached hydrogens (tertiary/aromatic N) is 1. The monoisotopic (exact) mass is 556 g/mol. The summed E-state index contributed by atoms with van der Waals surface area (Å²) in [6.45, 7) is 1.40. The first-order valence-electron chi connectivity index (χ1n) is 11.5. The molecule has 0 aliphatic carbocycles. The van der Waals surface area contributed by atoms with E-state index in [0.717, 1.165) is 6.26 Å². The van der Waals surface area contributed by atoms with Gasteiger partial charge in [0.15, 0.2) is 11.5 Å². The summed E-state index contributed by atoms with van der Waals surface area (Å²) in [7, 11) is -3.90. The number of sulfonamides is 1. The number of fused-ring (bicyclic) bond motifs is 2. The van der Waals surface area contributed by atoms with E-state index in [9.17, 15) is 22.8 Å². The Labute approximate surface area is 222 Å². The fourth-order valence-electron chi connectivity index (χ4n) is 4.34. The SMILES string of the molecule is CC(=O)Nc1c(Cc2ccc3c(c2)OCO3)c(NS(C)(=O)=O)c(=O)n2c1SC[C@H]2C(=O)Nc1ccccc1. The number of benzene rings is 2. The molecular weight excluding hydrogens is 532 g/mol. The Kier molecular flexibility index (Phi) is 6.80. The molecule has 2 amide bonds. The van der Waals surface area contributed by atoms with Crippen LogP contribution in [-0.4, -0.2) is 43.6 Å². The van der Waals surface area contributed by atoms with Crippen LogP contribution < -0.4 is 30.4 Å². The number of aromatic nitrogens is 1. The lowest BCUT2D eigenvalue weighted by Crippen LogP contribution is -2.35. The molecule has 13 heteroatoms. The second kappa shape index (κ2) is 10.1. The van der Waals surface area contributed by atoms with E-state index >= 15 is 0 Å². The molecule has 0 saturated carbocycles. The van der Waals surface area contributed by atoms with Gasteiger partial charge in [0.05, 0.1) is 11.9 Å². The molecule has 0 unspecified atom stereocenters. The number of carbonyl (C=O) groups is 2. The molecule has 0 fully saturated rings. The summed E-state index contributed by atoms with van der Waals surface area (Å²) in [6, 6.07) is 13.1. The first-order chi connectivity index (χ1) is 18.1. The van der Waals surface area contributed by atoms with Crippen LogP contribution in [0.4, 0.5) is 17.1 Å². The first kappa shape index (κ1) is 25.7. The van der Waals surface area contributed by atoms with Crippen molar-refractivity contribution >= 4 is 50.7 Å². The van der Waals surface area contributed by atoms with Gasteiger partial charge in [-0.3, -0.25) is 23.7 Å².